The summed E-state index contributed by atoms with van der Waals surface area (Å²) in [7, 11) is 1.59. The van der Waals surface area contributed by atoms with Crippen LogP contribution in [0, 0.1) is 5.41 Å². The van der Waals surface area contributed by atoms with Crippen molar-refractivity contribution in [2.24, 2.45) is 5.41 Å². The van der Waals surface area contributed by atoms with Crippen LogP contribution in [0.2, 0.25) is 5.02 Å². The molecule has 2 aromatic rings. The molecule has 8 heteroatoms. The van der Waals surface area contributed by atoms with E-state index in [0.717, 1.165) is 56.3 Å². The Hall–Kier alpha value is -1.54. The van der Waals surface area contributed by atoms with Crippen LogP contribution in [0.15, 0.2) is 34.3 Å². The number of methoxy groups -OCH3 is 1. The lowest BCUT2D eigenvalue weighted by Crippen LogP contribution is -2.41. The number of aliphatic hydroxyl groups excluding tert-OH is 1. The van der Waals surface area contributed by atoms with Crippen molar-refractivity contribution in [3.05, 3.63) is 35.1 Å². The van der Waals surface area contributed by atoms with E-state index in [0.29, 0.717) is 26.9 Å². The molecule has 2 fully saturated rings. The molecule has 4 rings (SSSR count). The highest BCUT2D eigenvalue weighted by atomic mass is 35.5. The number of piperidine rings is 1. The van der Waals surface area contributed by atoms with Gasteiger partial charge in [-0.1, -0.05) is 29.4 Å². The van der Waals surface area contributed by atoms with Gasteiger partial charge >= 0.3 is 0 Å². The Balaban J connectivity index is 1.51. The van der Waals surface area contributed by atoms with Gasteiger partial charge in [0.05, 0.1) is 31.5 Å². The van der Waals surface area contributed by atoms with E-state index < -0.39 is 0 Å². The lowest BCUT2D eigenvalue weighted by molar-refractivity contribution is 0.133. The number of aromatic nitrogens is 2. The Morgan fingerprint density at radius 3 is 2.82 bits per heavy atom. The normalized spacial score (nSPS) is 18.6. The molecule has 150 valence electrons. The van der Waals surface area contributed by atoms with Crippen LogP contribution in [0.3, 0.4) is 0 Å². The maximum atomic E-state index is 9.88. The number of aliphatic hydroxyl groups is 1. The van der Waals surface area contributed by atoms with E-state index in [4.69, 9.17) is 21.1 Å². The largest absolute Gasteiger partial charge is 0.495 e. The van der Waals surface area contributed by atoms with Gasteiger partial charge in [0, 0.05) is 24.6 Å². The second kappa shape index (κ2) is 8.45. The summed E-state index contributed by atoms with van der Waals surface area (Å²) in [6.07, 6.45) is 5.08. The molecule has 28 heavy (non-hydrogen) atoms. The molecule has 0 saturated carbocycles. The maximum absolute atomic E-state index is 9.88. The van der Waals surface area contributed by atoms with Gasteiger partial charge in [-0.05, 0) is 36.8 Å². The third-order valence-electron chi connectivity index (χ3n) is 5.62. The molecule has 0 unspecified atom stereocenters. The van der Waals surface area contributed by atoms with Gasteiger partial charge in [0.2, 0.25) is 0 Å². The Kier molecular flexibility index (Phi) is 5.96. The van der Waals surface area contributed by atoms with Crippen LogP contribution in [0.4, 0.5) is 5.82 Å². The van der Waals surface area contributed by atoms with E-state index in [1.807, 2.05) is 18.2 Å². The zero-order chi connectivity index (χ0) is 19.6. The van der Waals surface area contributed by atoms with Crippen LogP contribution in [0.25, 0.3) is 0 Å². The molecule has 0 bridgehead atoms. The summed E-state index contributed by atoms with van der Waals surface area (Å²) in [6, 6.07) is 5.62. The van der Waals surface area contributed by atoms with Crippen LogP contribution in [0.1, 0.15) is 25.0 Å². The van der Waals surface area contributed by atoms with Gasteiger partial charge < -0.3 is 19.5 Å². The van der Waals surface area contributed by atoms with Crippen LogP contribution in [-0.2, 0) is 11.3 Å². The fourth-order valence-electron chi connectivity index (χ4n) is 3.90. The predicted molar refractivity (Wildman–Crippen MR) is 109 cm³/mol. The number of hydrogen-bond donors (Lipinski definition) is 1. The van der Waals surface area contributed by atoms with E-state index >= 15 is 0 Å². The first-order chi connectivity index (χ1) is 13.6. The zero-order valence-corrected chi connectivity index (χ0v) is 17.4. The minimum absolute atomic E-state index is 0.146. The molecule has 0 radical (unpaired) electrons. The van der Waals surface area contributed by atoms with Crippen molar-refractivity contribution in [2.45, 2.75) is 35.8 Å². The third kappa shape index (κ3) is 3.94. The molecule has 0 atom stereocenters. The molecule has 2 saturated heterocycles. The summed E-state index contributed by atoms with van der Waals surface area (Å²) >= 11 is 7.80. The quantitative estimate of drug-likeness (QED) is 0.787. The van der Waals surface area contributed by atoms with Crippen LogP contribution >= 0.6 is 23.4 Å². The van der Waals surface area contributed by atoms with E-state index in [9.17, 15) is 5.11 Å². The number of rotatable bonds is 5. The lowest BCUT2D eigenvalue weighted by atomic mass is 9.78. The molecule has 1 aromatic carbocycles. The van der Waals surface area contributed by atoms with Gasteiger partial charge in [-0.2, -0.15) is 0 Å². The molecule has 0 amide bonds. The van der Waals surface area contributed by atoms with Crippen molar-refractivity contribution in [1.82, 2.24) is 9.97 Å². The summed E-state index contributed by atoms with van der Waals surface area (Å²) in [5, 5.41) is 11.1. The topological polar surface area (TPSA) is 67.7 Å². The summed E-state index contributed by atoms with van der Waals surface area (Å²) in [5.41, 5.74) is 0.935. The SMILES string of the molecule is COc1cccc(Sc2cnc(N3CCC4(CCOC4)CC3)c(CO)n2)c1Cl. The predicted octanol–water partition coefficient (Wildman–Crippen LogP) is 3.79. The van der Waals surface area contributed by atoms with E-state index in [1.54, 1.807) is 13.3 Å². The van der Waals surface area contributed by atoms with Crippen molar-refractivity contribution in [3.8, 4) is 5.75 Å². The van der Waals surface area contributed by atoms with E-state index in [-0.39, 0.29) is 6.61 Å². The highest BCUT2D eigenvalue weighted by molar-refractivity contribution is 7.99. The molecule has 3 heterocycles. The Morgan fingerprint density at radius 2 is 2.14 bits per heavy atom. The number of anilines is 1. The highest BCUT2D eigenvalue weighted by Crippen LogP contribution is 2.41. The van der Waals surface area contributed by atoms with Crippen LogP contribution in [0.5, 0.6) is 5.75 Å². The monoisotopic (exact) mass is 421 g/mol. The number of nitrogens with zero attached hydrogens (tertiary/aromatic N) is 3. The summed E-state index contributed by atoms with van der Waals surface area (Å²) in [5.74, 6) is 1.40. The third-order valence-corrected chi connectivity index (χ3v) is 7.09. The Bertz CT molecular complexity index is 835. The van der Waals surface area contributed by atoms with Crippen LogP contribution < -0.4 is 9.64 Å². The minimum Gasteiger partial charge on any atom is -0.495 e. The molecule has 0 aliphatic carbocycles. The van der Waals surface area contributed by atoms with E-state index in [2.05, 4.69) is 14.9 Å². The number of ether oxygens (including phenoxy) is 2. The standard InChI is InChI=1S/C20H24ClN3O3S/c1-26-15-3-2-4-16(18(15)21)28-17-11-22-19(14(12-25)23-17)24-8-5-20(6-9-24)7-10-27-13-20/h2-4,11,25H,5-10,12-13H2,1H3. The minimum atomic E-state index is -0.146. The van der Waals surface area contributed by atoms with Crippen molar-refractivity contribution in [1.29, 1.82) is 0 Å². The van der Waals surface area contributed by atoms with Gasteiger partial charge in [-0.25, -0.2) is 9.97 Å². The molecule has 2 aliphatic heterocycles. The molecule has 6 nitrogen and oxygen atoms in total. The van der Waals surface area contributed by atoms with Crippen LogP contribution in [-0.4, -0.2) is 48.5 Å². The summed E-state index contributed by atoms with van der Waals surface area (Å²) < 4.78 is 10.9. The number of benzene rings is 1. The Morgan fingerprint density at radius 1 is 1.32 bits per heavy atom. The van der Waals surface area contributed by atoms with Crippen molar-refractivity contribution in [2.75, 3.05) is 38.3 Å². The first kappa shape index (κ1) is 19.8. The fraction of sp³-hybridized carbons (Fsp3) is 0.500. The second-order valence-corrected chi connectivity index (χ2v) is 8.74. The molecule has 1 aromatic heterocycles. The lowest BCUT2D eigenvalue weighted by Gasteiger charge is -2.39. The number of halogens is 1. The molecular weight excluding hydrogens is 398 g/mol. The van der Waals surface area contributed by atoms with Gasteiger partial charge in [0.1, 0.15) is 16.5 Å². The first-order valence-corrected chi connectivity index (χ1v) is 10.6. The average molecular weight is 422 g/mol. The summed E-state index contributed by atoms with van der Waals surface area (Å²) in [4.78, 5) is 12.3. The van der Waals surface area contributed by atoms with Crippen molar-refractivity contribution >= 4 is 29.2 Å². The molecular formula is C20H24ClN3O3S. The maximum Gasteiger partial charge on any atom is 0.152 e. The van der Waals surface area contributed by atoms with Gasteiger partial charge in [0.25, 0.3) is 0 Å². The van der Waals surface area contributed by atoms with Gasteiger partial charge in [-0.3, -0.25) is 0 Å². The molecule has 2 aliphatic rings. The van der Waals surface area contributed by atoms with Crippen molar-refractivity contribution in [3.63, 3.8) is 0 Å². The van der Waals surface area contributed by atoms with E-state index in [1.165, 1.54) is 11.8 Å². The Labute approximate surface area is 174 Å². The molecule has 1 spiro atoms. The zero-order valence-electron chi connectivity index (χ0n) is 15.9. The fourth-order valence-corrected chi connectivity index (χ4v) is 5.04. The molecule has 1 N–H and O–H groups in total. The summed E-state index contributed by atoms with van der Waals surface area (Å²) in [6.45, 7) is 3.43. The van der Waals surface area contributed by atoms with Gasteiger partial charge in [-0.15, -0.1) is 0 Å². The highest BCUT2D eigenvalue weighted by Gasteiger charge is 2.38. The first-order valence-electron chi connectivity index (χ1n) is 9.44. The average Bonchev–Trinajstić information content (AvgIpc) is 3.18. The smallest absolute Gasteiger partial charge is 0.152 e. The second-order valence-electron chi connectivity index (χ2n) is 7.30. The number of hydrogen-bond acceptors (Lipinski definition) is 7. The van der Waals surface area contributed by atoms with Gasteiger partial charge in [0.15, 0.2) is 5.82 Å². The van der Waals surface area contributed by atoms with Crippen molar-refractivity contribution < 1.29 is 14.6 Å².